The molecule has 2 aromatic carbocycles. The quantitative estimate of drug-likeness (QED) is 0.449. The first-order chi connectivity index (χ1) is 16.5. The molecule has 3 aromatic rings. The molecule has 34 heavy (non-hydrogen) atoms. The zero-order valence-corrected chi connectivity index (χ0v) is 19.7. The lowest BCUT2D eigenvalue weighted by atomic mass is 9.89. The van der Waals surface area contributed by atoms with Gasteiger partial charge in [-0.1, -0.05) is 18.2 Å². The van der Waals surface area contributed by atoms with E-state index >= 15 is 0 Å². The Balaban J connectivity index is 1.47. The molecule has 0 spiro atoms. The van der Waals surface area contributed by atoms with Crippen LogP contribution in [0.25, 0.3) is 11.8 Å². The molecule has 0 bridgehead atoms. The predicted octanol–water partition coefficient (Wildman–Crippen LogP) is 6.02. The third-order valence-electron chi connectivity index (χ3n) is 7.03. The summed E-state index contributed by atoms with van der Waals surface area (Å²) in [6.45, 7) is 1.95. The van der Waals surface area contributed by atoms with Crippen molar-refractivity contribution in [3.05, 3.63) is 83.2 Å². The van der Waals surface area contributed by atoms with Gasteiger partial charge in [-0.05, 0) is 86.9 Å². The topological polar surface area (TPSA) is 47.4 Å². The van der Waals surface area contributed by atoms with Crippen LogP contribution in [0.1, 0.15) is 61.4 Å². The Kier molecular flexibility index (Phi) is 6.22. The third-order valence-corrected chi connectivity index (χ3v) is 7.03. The number of methoxy groups -OCH3 is 1. The van der Waals surface area contributed by atoms with E-state index in [1.807, 2.05) is 54.1 Å². The molecule has 1 amide bonds. The molecule has 2 aliphatic heterocycles. The Morgan fingerprint density at radius 1 is 1.09 bits per heavy atom. The van der Waals surface area contributed by atoms with Gasteiger partial charge in [-0.3, -0.25) is 4.79 Å². The first-order valence-electron chi connectivity index (χ1n) is 12.0. The smallest absolute Gasteiger partial charge is 0.250 e. The van der Waals surface area contributed by atoms with Crippen molar-refractivity contribution in [3.63, 3.8) is 0 Å². The van der Waals surface area contributed by atoms with Crippen LogP contribution in [-0.4, -0.2) is 33.5 Å². The van der Waals surface area contributed by atoms with Gasteiger partial charge in [0.25, 0.3) is 5.91 Å². The molecule has 5 rings (SSSR count). The average molecular weight is 460 g/mol. The van der Waals surface area contributed by atoms with Gasteiger partial charge in [-0.15, -0.1) is 0 Å². The van der Waals surface area contributed by atoms with Crippen LogP contribution in [0.3, 0.4) is 0 Å². The largest absolute Gasteiger partial charge is 0.495 e. The van der Waals surface area contributed by atoms with E-state index in [2.05, 4.69) is 9.88 Å². The normalized spacial score (nSPS) is 21.9. The number of hydrogen-bond donors (Lipinski definition) is 0. The Bertz CT molecular complexity index is 1210. The standard InChI is InChI=1S/C28H30FN3O2/c1-19-17-31(18-30-19)26-14-9-20(16-27(26)34-2)15-22-5-3-6-24-7-4-8-25(32(24)28(22)33)21-10-12-23(29)13-11-21/h9-18,24-25H,3-8H2,1-2H3/t24-,25-/m1/s1. The van der Waals surface area contributed by atoms with Gasteiger partial charge < -0.3 is 14.2 Å². The molecule has 2 aliphatic rings. The van der Waals surface area contributed by atoms with Crippen molar-refractivity contribution in [1.82, 2.24) is 14.5 Å². The van der Waals surface area contributed by atoms with E-state index in [0.29, 0.717) is 0 Å². The highest BCUT2D eigenvalue weighted by atomic mass is 19.1. The fourth-order valence-electron chi connectivity index (χ4n) is 5.37. The molecule has 3 heterocycles. The van der Waals surface area contributed by atoms with Crippen LogP contribution in [0, 0.1) is 12.7 Å². The highest BCUT2D eigenvalue weighted by molar-refractivity contribution is 5.98. The van der Waals surface area contributed by atoms with E-state index in [0.717, 1.165) is 72.4 Å². The van der Waals surface area contributed by atoms with Crippen molar-refractivity contribution in [3.8, 4) is 11.4 Å². The van der Waals surface area contributed by atoms with E-state index in [1.54, 1.807) is 13.4 Å². The summed E-state index contributed by atoms with van der Waals surface area (Å²) in [6.07, 6.45) is 11.5. The van der Waals surface area contributed by atoms with E-state index < -0.39 is 0 Å². The summed E-state index contributed by atoms with van der Waals surface area (Å²) >= 11 is 0. The van der Waals surface area contributed by atoms with Gasteiger partial charge in [0.2, 0.25) is 0 Å². The van der Waals surface area contributed by atoms with Gasteiger partial charge in [0.1, 0.15) is 11.6 Å². The first kappa shape index (κ1) is 22.4. The number of fused-ring (bicyclic) bond motifs is 1. The molecule has 0 radical (unpaired) electrons. The number of hydrogen-bond acceptors (Lipinski definition) is 3. The lowest BCUT2D eigenvalue weighted by molar-refractivity contribution is -0.133. The van der Waals surface area contributed by atoms with Crippen LogP contribution >= 0.6 is 0 Å². The van der Waals surface area contributed by atoms with Crippen LogP contribution in [0.4, 0.5) is 4.39 Å². The lowest BCUT2D eigenvalue weighted by Crippen LogP contribution is -2.45. The molecule has 6 heteroatoms. The van der Waals surface area contributed by atoms with Gasteiger partial charge >= 0.3 is 0 Å². The molecule has 0 aliphatic carbocycles. The number of amides is 1. The van der Waals surface area contributed by atoms with Gasteiger partial charge in [0.15, 0.2) is 0 Å². The maximum Gasteiger partial charge on any atom is 0.250 e. The van der Waals surface area contributed by atoms with Crippen LogP contribution in [-0.2, 0) is 4.79 Å². The van der Waals surface area contributed by atoms with Crippen LogP contribution < -0.4 is 4.74 Å². The molecule has 2 atom stereocenters. The van der Waals surface area contributed by atoms with Gasteiger partial charge in [0, 0.05) is 17.8 Å². The lowest BCUT2D eigenvalue weighted by Gasteiger charge is -2.42. The molecular formula is C28H30FN3O2. The highest BCUT2D eigenvalue weighted by Crippen LogP contribution is 2.40. The monoisotopic (exact) mass is 459 g/mol. The van der Waals surface area contributed by atoms with Crippen molar-refractivity contribution < 1.29 is 13.9 Å². The second kappa shape index (κ2) is 9.45. The predicted molar refractivity (Wildman–Crippen MR) is 130 cm³/mol. The van der Waals surface area contributed by atoms with Gasteiger partial charge in [0.05, 0.1) is 30.9 Å². The summed E-state index contributed by atoms with van der Waals surface area (Å²) in [4.78, 5) is 20.2. The van der Waals surface area contributed by atoms with Crippen molar-refractivity contribution >= 4 is 12.0 Å². The number of piperidine rings is 1. The number of nitrogens with zero attached hydrogens (tertiary/aromatic N) is 3. The Morgan fingerprint density at radius 2 is 1.88 bits per heavy atom. The van der Waals surface area contributed by atoms with Crippen molar-refractivity contribution in [1.29, 1.82) is 0 Å². The number of aryl methyl sites for hydroxylation is 1. The second-order valence-electron chi connectivity index (χ2n) is 9.28. The minimum atomic E-state index is -0.248. The zero-order valence-electron chi connectivity index (χ0n) is 19.7. The van der Waals surface area contributed by atoms with Gasteiger partial charge in [-0.2, -0.15) is 0 Å². The fourth-order valence-corrected chi connectivity index (χ4v) is 5.37. The first-order valence-corrected chi connectivity index (χ1v) is 12.0. The van der Waals surface area contributed by atoms with E-state index in [4.69, 9.17) is 4.74 Å². The van der Waals surface area contributed by atoms with Crippen molar-refractivity contribution in [2.45, 2.75) is 57.5 Å². The second-order valence-corrected chi connectivity index (χ2v) is 9.28. The molecular weight excluding hydrogens is 429 g/mol. The number of carbonyl (C=O) groups is 1. The van der Waals surface area contributed by atoms with E-state index in [9.17, 15) is 9.18 Å². The number of rotatable bonds is 4. The van der Waals surface area contributed by atoms with Crippen LogP contribution in [0.15, 0.2) is 60.6 Å². The molecule has 2 saturated heterocycles. The number of aromatic nitrogens is 2. The molecule has 5 nitrogen and oxygen atoms in total. The average Bonchev–Trinajstić information content (AvgIpc) is 3.22. The summed E-state index contributed by atoms with van der Waals surface area (Å²) < 4.78 is 21.1. The number of carbonyl (C=O) groups excluding carboxylic acids is 1. The van der Waals surface area contributed by atoms with Crippen LogP contribution in [0.5, 0.6) is 5.75 Å². The van der Waals surface area contributed by atoms with Gasteiger partial charge in [-0.25, -0.2) is 9.37 Å². The summed E-state index contributed by atoms with van der Waals surface area (Å²) in [7, 11) is 1.65. The molecule has 1 aromatic heterocycles. The minimum absolute atomic E-state index is 0.00487. The summed E-state index contributed by atoms with van der Waals surface area (Å²) in [5.74, 6) is 0.583. The SMILES string of the molecule is COc1cc(C=C2CCC[C@@H]3CCC[C@H](c4ccc(F)cc4)N3C2=O)ccc1-n1cnc(C)c1. The Labute approximate surface area is 199 Å². The summed E-state index contributed by atoms with van der Waals surface area (Å²) in [5, 5.41) is 0. The van der Waals surface area contributed by atoms with E-state index in [-0.39, 0.29) is 23.8 Å². The number of imidazole rings is 1. The number of halogens is 1. The Hall–Kier alpha value is -3.41. The van der Waals surface area contributed by atoms with Crippen molar-refractivity contribution in [2.24, 2.45) is 0 Å². The summed E-state index contributed by atoms with van der Waals surface area (Å²) in [5.41, 5.74) is 4.62. The fraction of sp³-hybridized carbons (Fsp3) is 0.357. The third kappa shape index (κ3) is 4.37. The molecule has 0 N–H and O–H groups in total. The highest BCUT2D eigenvalue weighted by Gasteiger charge is 2.37. The summed E-state index contributed by atoms with van der Waals surface area (Å²) in [6, 6.07) is 12.9. The Morgan fingerprint density at radius 3 is 2.62 bits per heavy atom. The minimum Gasteiger partial charge on any atom is -0.495 e. The molecule has 0 unspecified atom stereocenters. The zero-order chi connectivity index (χ0) is 23.7. The molecule has 176 valence electrons. The maximum absolute atomic E-state index is 13.8. The van der Waals surface area contributed by atoms with Crippen molar-refractivity contribution in [2.75, 3.05) is 7.11 Å². The number of ether oxygens (including phenoxy) is 1. The van der Waals surface area contributed by atoms with E-state index in [1.165, 1.54) is 12.1 Å². The van der Waals surface area contributed by atoms with Crippen LogP contribution in [0.2, 0.25) is 0 Å². The molecule has 2 fully saturated rings. The molecule has 0 saturated carbocycles. The maximum atomic E-state index is 13.8. The number of benzene rings is 2.